The standard InChI is InChI=1S/C22H24FN3O4/c1-15-18(24-21(30-15)16-6-7-17(23)20(13-16)28-2)14-25-8-4-9-26(11-10-25)22(27)19-5-3-12-29-19/h3,5-7,12-13H,4,8-11,14H2,1-2H3. The highest BCUT2D eigenvalue weighted by Crippen LogP contribution is 2.28. The summed E-state index contributed by atoms with van der Waals surface area (Å²) in [6, 6.07) is 7.95. The Kier molecular flexibility index (Phi) is 5.85. The molecule has 0 saturated carbocycles. The number of hydrogen-bond donors (Lipinski definition) is 0. The number of methoxy groups -OCH3 is 1. The van der Waals surface area contributed by atoms with Gasteiger partial charge in [-0.25, -0.2) is 9.37 Å². The number of halogens is 1. The monoisotopic (exact) mass is 413 g/mol. The predicted octanol–water partition coefficient (Wildman–Crippen LogP) is 3.74. The third kappa shape index (κ3) is 4.23. The first kappa shape index (κ1) is 20.2. The summed E-state index contributed by atoms with van der Waals surface area (Å²) >= 11 is 0. The molecular formula is C22H24FN3O4. The molecule has 0 unspecified atom stereocenters. The van der Waals surface area contributed by atoms with Crippen molar-refractivity contribution in [1.29, 1.82) is 0 Å². The van der Waals surface area contributed by atoms with Crippen LogP contribution in [0, 0.1) is 12.7 Å². The van der Waals surface area contributed by atoms with E-state index in [4.69, 9.17) is 13.6 Å². The van der Waals surface area contributed by atoms with Gasteiger partial charge in [0, 0.05) is 38.3 Å². The maximum absolute atomic E-state index is 13.7. The highest BCUT2D eigenvalue weighted by Gasteiger charge is 2.23. The second-order valence-electron chi connectivity index (χ2n) is 7.27. The molecule has 2 aromatic heterocycles. The van der Waals surface area contributed by atoms with Crippen LogP contribution in [-0.2, 0) is 6.54 Å². The van der Waals surface area contributed by atoms with E-state index in [1.165, 1.54) is 19.4 Å². The molecule has 30 heavy (non-hydrogen) atoms. The van der Waals surface area contributed by atoms with E-state index < -0.39 is 5.82 Å². The van der Waals surface area contributed by atoms with Gasteiger partial charge in [0.25, 0.3) is 5.91 Å². The van der Waals surface area contributed by atoms with E-state index in [9.17, 15) is 9.18 Å². The molecule has 1 aliphatic rings. The van der Waals surface area contributed by atoms with E-state index >= 15 is 0 Å². The number of furan rings is 1. The summed E-state index contributed by atoms with van der Waals surface area (Å²) in [5, 5.41) is 0. The van der Waals surface area contributed by atoms with Crippen molar-refractivity contribution >= 4 is 5.91 Å². The lowest BCUT2D eigenvalue weighted by molar-refractivity contribution is 0.0729. The van der Waals surface area contributed by atoms with Crippen molar-refractivity contribution in [3.05, 3.63) is 59.6 Å². The molecule has 1 amide bonds. The Labute approximate surface area is 174 Å². The number of aryl methyl sites for hydroxylation is 1. The molecule has 0 bridgehead atoms. The van der Waals surface area contributed by atoms with Crippen LogP contribution < -0.4 is 4.74 Å². The van der Waals surface area contributed by atoms with Gasteiger partial charge in [-0.1, -0.05) is 0 Å². The Bertz CT molecular complexity index is 1020. The van der Waals surface area contributed by atoms with Crippen molar-refractivity contribution in [2.45, 2.75) is 19.9 Å². The number of hydrogen-bond acceptors (Lipinski definition) is 6. The average Bonchev–Trinajstić information content (AvgIpc) is 3.34. The molecule has 3 aromatic rings. The van der Waals surface area contributed by atoms with Gasteiger partial charge in [-0.2, -0.15) is 0 Å². The smallest absolute Gasteiger partial charge is 0.289 e. The number of oxazole rings is 1. The van der Waals surface area contributed by atoms with Crippen LogP contribution >= 0.6 is 0 Å². The lowest BCUT2D eigenvalue weighted by atomic mass is 10.2. The van der Waals surface area contributed by atoms with Gasteiger partial charge in [0.2, 0.25) is 5.89 Å². The van der Waals surface area contributed by atoms with Crippen LogP contribution in [0.25, 0.3) is 11.5 Å². The zero-order valence-electron chi connectivity index (χ0n) is 17.1. The van der Waals surface area contributed by atoms with Crippen molar-refractivity contribution in [2.75, 3.05) is 33.3 Å². The van der Waals surface area contributed by atoms with E-state index in [0.29, 0.717) is 36.8 Å². The molecule has 1 fully saturated rings. The summed E-state index contributed by atoms with van der Waals surface area (Å²) < 4.78 is 29.8. The van der Waals surface area contributed by atoms with E-state index in [2.05, 4.69) is 9.88 Å². The highest BCUT2D eigenvalue weighted by molar-refractivity contribution is 5.91. The molecule has 0 aliphatic carbocycles. The van der Waals surface area contributed by atoms with Gasteiger partial charge in [-0.05, 0) is 43.7 Å². The summed E-state index contributed by atoms with van der Waals surface area (Å²) in [6.07, 6.45) is 2.38. The maximum Gasteiger partial charge on any atom is 0.289 e. The lowest BCUT2D eigenvalue weighted by Gasteiger charge is -2.20. The topological polar surface area (TPSA) is 72.0 Å². The number of amides is 1. The number of carbonyl (C=O) groups excluding carboxylic acids is 1. The number of ether oxygens (including phenoxy) is 1. The third-order valence-corrected chi connectivity index (χ3v) is 5.27. The normalized spacial score (nSPS) is 15.2. The van der Waals surface area contributed by atoms with E-state index in [0.717, 1.165) is 31.0 Å². The van der Waals surface area contributed by atoms with Crippen LogP contribution in [0.2, 0.25) is 0 Å². The molecule has 0 atom stereocenters. The second-order valence-corrected chi connectivity index (χ2v) is 7.27. The first-order valence-electron chi connectivity index (χ1n) is 9.90. The predicted molar refractivity (Wildman–Crippen MR) is 108 cm³/mol. The SMILES string of the molecule is COc1cc(-c2nc(CN3CCCN(C(=O)c4ccco4)CC3)c(C)o2)ccc1F. The second kappa shape index (κ2) is 8.71. The van der Waals surface area contributed by atoms with Gasteiger partial charge in [0.15, 0.2) is 17.3 Å². The maximum atomic E-state index is 13.7. The van der Waals surface area contributed by atoms with Gasteiger partial charge in [0.05, 0.1) is 19.1 Å². The number of nitrogens with zero attached hydrogens (tertiary/aromatic N) is 3. The number of aromatic nitrogens is 1. The van der Waals surface area contributed by atoms with Gasteiger partial charge in [-0.3, -0.25) is 9.69 Å². The molecule has 1 aromatic carbocycles. The fraction of sp³-hybridized carbons (Fsp3) is 0.364. The van der Waals surface area contributed by atoms with Crippen molar-refractivity contribution in [2.24, 2.45) is 0 Å². The van der Waals surface area contributed by atoms with Crippen LogP contribution in [-0.4, -0.2) is 54.0 Å². The van der Waals surface area contributed by atoms with Crippen molar-refractivity contribution < 1.29 is 22.8 Å². The number of benzene rings is 1. The summed E-state index contributed by atoms with van der Waals surface area (Å²) in [7, 11) is 1.42. The molecule has 0 radical (unpaired) electrons. The van der Waals surface area contributed by atoms with Gasteiger partial charge in [-0.15, -0.1) is 0 Å². The van der Waals surface area contributed by atoms with Crippen LogP contribution in [0.1, 0.15) is 28.4 Å². The Hall–Kier alpha value is -3.13. The third-order valence-electron chi connectivity index (χ3n) is 5.27. The molecule has 0 spiro atoms. The Morgan fingerprint density at radius 3 is 2.87 bits per heavy atom. The van der Waals surface area contributed by atoms with Crippen molar-refractivity contribution in [3.63, 3.8) is 0 Å². The quantitative estimate of drug-likeness (QED) is 0.635. The summed E-state index contributed by atoms with van der Waals surface area (Å²) in [4.78, 5) is 21.2. The van der Waals surface area contributed by atoms with Crippen molar-refractivity contribution in [3.8, 4) is 17.2 Å². The first-order valence-corrected chi connectivity index (χ1v) is 9.90. The molecule has 1 saturated heterocycles. The van der Waals surface area contributed by atoms with Gasteiger partial charge in [0.1, 0.15) is 5.76 Å². The first-order chi connectivity index (χ1) is 14.5. The summed E-state index contributed by atoms with van der Waals surface area (Å²) in [6.45, 7) is 5.40. The minimum atomic E-state index is -0.428. The zero-order valence-corrected chi connectivity index (χ0v) is 17.1. The Balaban J connectivity index is 1.43. The molecule has 158 valence electrons. The van der Waals surface area contributed by atoms with Gasteiger partial charge < -0.3 is 18.5 Å². The van der Waals surface area contributed by atoms with Crippen LogP contribution in [0.15, 0.2) is 45.4 Å². The summed E-state index contributed by atoms with van der Waals surface area (Å²) in [5.74, 6) is 1.18. The molecule has 8 heteroatoms. The summed E-state index contributed by atoms with van der Waals surface area (Å²) in [5.41, 5.74) is 1.49. The zero-order chi connectivity index (χ0) is 21.1. The van der Waals surface area contributed by atoms with Crippen LogP contribution in [0.4, 0.5) is 4.39 Å². The molecule has 3 heterocycles. The highest BCUT2D eigenvalue weighted by atomic mass is 19.1. The number of rotatable bonds is 5. The van der Waals surface area contributed by atoms with Gasteiger partial charge >= 0.3 is 0 Å². The fourth-order valence-corrected chi connectivity index (χ4v) is 3.59. The van der Waals surface area contributed by atoms with E-state index in [-0.39, 0.29) is 11.7 Å². The minimum Gasteiger partial charge on any atom is -0.494 e. The van der Waals surface area contributed by atoms with Crippen molar-refractivity contribution in [1.82, 2.24) is 14.8 Å². The minimum absolute atomic E-state index is 0.0768. The van der Waals surface area contributed by atoms with Crippen LogP contribution in [0.3, 0.4) is 0 Å². The molecule has 1 aliphatic heterocycles. The largest absolute Gasteiger partial charge is 0.494 e. The molecule has 0 N–H and O–H groups in total. The molecule has 7 nitrogen and oxygen atoms in total. The Morgan fingerprint density at radius 2 is 2.10 bits per heavy atom. The van der Waals surface area contributed by atoms with E-state index in [1.54, 1.807) is 24.3 Å². The van der Waals surface area contributed by atoms with E-state index in [1.807, 2.05) is 11.8 Å². The average molecular weight is 413 g/mol. The fourth-order valence-electron chi connectivity index (χ4n) is 3.59. The number of carbonyl (C=O) groups is 1. The van der Waals surface area contributed by atoms with Crippen LogP contribution in [0.5, 0.6) is 5.75 Å². The molecule has 4 rings (SSSR count). The molecular weight excluding hydrogens is 389 g/mol. The Morgan fingerprint density at radius 1 is 1.23 bits per heavy atom. The lowest BCUT2D eigenvalue weighted by Crippen LogP contribution is -2.35.